The first-order chi connectivity index (χ1) is 10.0. The minimum Gasteiger partial charge on any atom is -0.497 e. The fourth-order valence-electron chi connectivity index (χ4n) is 2.90. The fourth-order valence-corrected chi connectivity index (χ4v) is 2.90. The third-order valence-electron chi connectivity index (χ3n) is 4.59. The van der Waals surface area contributed by atoms with Crippen LogP contribution in [0.25, 0.3) is 0 Å². The maximum Gasteiger partial charge on any atom is 0.179 e. The highest BCUT2D eigenvalue weighted by Gasteiger charge is 2.26. The van der Waals surface area contributed by atoms with Crippen molar-refractivity contribution in [2.24, 2.45) is 0 Å². The van der Waals surface area contributed by atoms with Crippen molar-refractivity contribution < 1.29 is 9.53 Å². The number of carbonyl (C=O) groups is 1. The van der Waals surface area contributed by atoms with Gasteiger partial charge in [0.05, 0.1) is 13.2 Å². The summed E-state index contributed by atoms with van der Waals surface area (Å²) in [5.74, 6) is 0.945. The van der Waals surface area contributed by atoms with Gasteiger partial charge in [0.2, 0.25) is 0 Å². The van der Waals surface area contributed by atoms with Gasteiger partial charge in [-0.05, 0) is 64.7 Å². The van der Waals surface area contributed by atoms with Crippen LogP contribution in [0.1, 0.15) is 30.1 Å². The molecule has 0 N–H and O–H groups in total. The van der Waals surface area contributed by atoms with E-state index in [1.165, 1.54) is 19.4 Å². The first kappa shape index (κ1) is 16.0. The summed E-state index contributed by atoms with van der Waals surface area (Å²) >= 11 is 0. The van der Waals surface area contributed by atoms with Crippen molar-refractivity contribution in [2.75, 3.05) is 34.3 Å². The maximum absolute atomic E-state index is 12.5. The molecule has 1 saturated heterocycles. The van der Waals surface area contributed by atoms with Gasteiger partial charge < -0.3 is 9.64 Å². The van der Waals surface area contributed by atoms with Gasteiger partial charge in [0.1, 0.15) is 5.75 Å². The van der Waals surface area contributed by atoms with E-state index in [0.29, 0.717) is 6.04 Å². The lowest BCUT2D eigenvalue weighted by molar-refractivity contribution is 0.0842. The average Bonchev–Trinajstić information content (AvgIpc) is 2.91. The number of carbonyl (C=O) groups excluding carboxylic acids is 1. The Kier molecular flexibility index (Phi) is 5.37. The van der Waals surface area contributed by atoms with Gasteiger partial charge in [-0.2, -0.15) is 0 Å². The van der Waals surface area contributed by atoms with Gasteiger partial charge in [0.25, 0.3) is 0 Å². The van der Waals surface area contributed by atoms with E-state index in [9.17, 15) is 4.79 Å². The predicted octanol–water partition coefficient (Wildman–Crippen LogP) is 2.29. The Morgan fingerprint density at radius 1 is 1.43 bits per heavy atom. The summed E-state index contributed by atoms with van der Waals surface area (Å²) in [7, 11) is 5.84. The normalized spacial score (nSPS) is 20.7. The molecule has 1 aromatic rings. The minimum atomic E-state index is -0.104. The predicted molar refractivity (Wildman–Crippen MR) is 85.1 cm³/mol. The molecule has 0 saturated carbocycles. The van der Waals surface area contributed by atoms with Gasteiger partial charge in [0.15, 0.2) is 5.78 Å². The molecule has 1 aliphatic rings. The number of ether oxygens (including phenoxy) is 1. The number of nitrogens with zero attached hydrogens (tertiary/aromatic N) is 2. The number of likely N-dealkylation sites (tertiary alicyclic amines) is 1. The summed E-state index contributed by atoms with van der Waals surface area (Å²) in [6, 6.07) is 7.82. The van der Waals surface area contributed by atoms with Gasteiger partial charge in [-0.1, -0.05) is 0 Å². The Labute approximate surface area is 127 Å². The van der Waals surface area contributed by atoms with Crippen LogP contribution in [0, 0.1) is 0 Å². The monoisotopic (exact) mass is 290 g/mol. The van der Waals surface area contributed by atoms with E-state index in [2.05, 4.69) is 16.8 Å². The van der Waals surface area contributed by atoms with Gasteiger partial charge in [-0.3, -0.25) is 9.69 Å². The molecule has 4 heteroatoms. The minimum absolute atomic E-state index is 0.104. The lowest BCUT2D eigenvalue weighted by Crippen LogP contribution is -2.43. The highest BCUT2D eigenvalue weighted by Crippen LogP contribution is 2.18. The molecule has 0 aliphatic carbocycles. The SMILES string of the molecule is COc1ccc(C(=O)C(C)N(C)CC2CCCN2C)cc1. The first-order valence-electron chi connectivity index (χ1n) is 7.61. The Morgan fingerprint density at radius 2 is 2.10 bits per heavy atom. The van der Waals surface area contributed by atoms with Crippen molar-refractivity contribution in [3.8, 4) is 5.75 Å². The standard InChI is InChI=1S/C17H26N2O2/c1-13(19(3)12-15-6-5-11-18(15)2)17(20)14-7-9-16(21-4)10-8-14/h7-10,13,15H,5-6,11-12H2,1-4H3. The number of methoxy groups -OCH3 is 1. The van der Waals surface area contributed by atoms with Crippen molar-refractivity contribution in [2.45, 2.75) is 31.8 Å². The molecule has 21 heavy (non-hydrogen) atoms. The average molecular weight is 290 g/mol. The first-order valence-corrected chi connectivity index (χ1v) is 7.61. The lowest BCUT2D eigenvalue weighted by Gasteiger charge is -2.29. The van der Waals surface area contributed by atoms with Crippen LogP contribution < -0.4 is 4.74 Å². The van der Waals surface area contributed by atoms with Crippen molar-refractivity contribution >= 4 is 5.78 Å². The second-order valence-electron chi connectivity index (χ2n) is 5.98. The Hall–Kier alpha value is -1.39. The fraction of sp³-hybridized carbons (Fsp3) is 0.588. The Balaban J connectivity index is 1.96. The summed E-state index contributed by atoms with van der Waals surface area (Å²) < 4.78 is 5.13. The zero-order chi connectivity index (χ0) is 15.4. The van der Waals surface area contributed by atoms with Gasteiger partial charge in [-0.15, -0.1) is 0 Å². The largest absolute Gasteiger partial charge is 0.497 e. The molecule has 2 rings (SSSR count). The molecule has 1 heterocycles. The van der Waals surface area contributed by atoms with E-state index >= 15 is 0 Å². The summed E-state index contributed by atoms with van der Waals surface area (Å²) in [5.41, 5.74) is 0.745. The number of hydrogen-bond donors (Lipinski definition) is 0. The summed E-state index contributed by atoms with van der Waals surface area (Å²) in [4.78, 5) is 17.1. The highest BCUT2D eigenvalue weighted by atomic mass is 16.5. The van der Waals surface area contributed by atoms with Crippen molar-refractivity contribution in [1.29, 1.82) is 0 Å². The molecule has 1 aliphatic heterocycles. The molecule has 0 amide bonds. The number of hydrogen-bond acceptors (Lipinski definition) is 4. The molecule has 1 fully saturated rings. The molecular weight excluding hydrogens is 264 g/mol. The van der Waals surface area contributed by atoms with Crippen molar-refractivity contribution in [3.05, 3.63) is 29.8 Å². The zero-order valence-corrected chi connectivity index (χ0v) is 13.5. The van der Waals surface area contributed by atoms with E-state index < -0.39 is 0 Å². The molecule has 0 bridgehead atoms. The van der Waals surface area contributed by atoms with E-state index in [1.807, 2.05) is 38.2 Å². The van der Waals surface area contributed by atoms with E-state index in [4.69, 9.17) is 4.74 Å². The summed E-state index contributed by atoms with van der Waals surface area (Å²) in [6.45, 7) is 4.10. The molecule has 116 valence electrons. The number of rotatable bonds is 6. The van der Waals surface area contributed by atoms with Crippen LogP contribution in [-0.2, 0) is 0 Å². The van der Waals surface area contributed by atoms with Crippen molar-refractivity contribution in [3.63, 3.8) is 0 Å². The van der Waals surface area contributed by atoms with Gasteiger partial charge in [-0.25, -0.2) is 0 Å². The van der Waals surface area contributed by atoms with Crippen LogP contribution in [0.4, 0.5) is 0 Å². The third kappa shape index (κ3) is 3.83. The number of Topliss-reactive ketones (excluding diaryl/α,β-unsaturated/α-hetero) is 1. The topological polar surface area (TPSA) is 32.8 Å². The maximum atomic E-state index is 12.5. The summed E-state index contributed by atoms with van der Waals surface area (Å²) in [5, 5.41) is 0. The smallest absolute Gasteiger partial charge is 0.179 e. The van der Waals surface area contributed by atoms with Crippen LogP contribution in [0.5, 0.6) is 5.75 Å². The van der Waals surface area contributed by atoms with E-state index in [-0.39, 0.29) is 11.8 Å². The second-order valence-corrected chi connectivity index (χ2v) is 5.98. The lowest BCUT2D eigenvalue weighted by atomic mass is 10.0. The van der Waals surface area contributed by atoms with Crippen LogP contribution in [-0.4, -0.2) is 62.0 Å². The number of benzene rings is 1. The molecule has 0 radical (unpaired) electrons. The second kappa shape index (κ2) is 7.05. The molecule has 2 unspecified atom stereocenters. The molecule has 2 atom stereocenters. The van der Waals surface area contributed by atoms with E-state index in [0.717, 1.165) is 17.9 Å². The zero-order valence-electron chi connectivity index (χ0n) is 13.5. The molecular formula is C17H26N2O2. The Bertz CT molecular complexity index is 472. The number of likely N-dealkylation sites (N-methyl/N-ethyl adjacent to an activating group) is 2. The highest BCUT2D eigenvalue weighted by molar-refractivity contribution is 5.99. The van der Waals surface area contributed by atoms with E-state index in [1.54, 1.807) is 7.11 Å². The van der Waals surface area contributed by atoms with Gasteiger partial charge in [0, 0.05) is 18.2 Å². The summed E-state index contributed by atoms with van der Waals surface area (Å²) in [6.07, 6.45) is 2.49. The van der Waals surface area contributed by atoms with Crippen LogP contribution in [0.15, 0.2) is 24.3 Å². The van der Waals surface area contributed by atoms with Gasteiger partial charge >= 0.3 is 0 Å². The Morgan fingerprint density at radius 3 is 2.62 bits per heavy atom. The molecule has 1 aromatic carbocycles. The van der Waals surface area contributed by atoms with Crippen LogP contribution in [0.3, 0.4) is 0 Å². The number of ketones is 1. The molecule has 4 nitrogen and oxygen atoms in total. The molecule has 0 aromatic heterocycles. The van der Waals surface area contributed by atoms with Crippen LogP contribution in [0.2, 0.25) is 0 Å². The molecule has 0 spiro atoms. The van der Waals surface area contributed by atoms with Crippen molar-refractivity contribution in [1.82, 2.24) is 9.80 Å². The quantitative estimate of drug-likeness (QED) is 0.753. The van der Waals surface area contributed by atoms with Crippen LogP contribution >= 0.6 is 0 Å². The third-order valence-corrected chi connectivity index (χ3v) is 4.59.